The zero-order chi connectivity index (χ0) is 25.5. The number of nitrogens with zero attached hydrogens (tertiary/aromatic N) is 4. The molecule has 2 aliphatic rings. The maximum Gasteiger partial charge on any atom is 0.313 e. The summed E-state index contributed by atoms with van der Waals surface area (Å²) >= 11 is 1.37. The Balaban J connectivity index is 1.09. The van der Waals surface area contributed by atoms with Crippen molar-refractivity contribution in [2.75, 3.05) is 23.3 Å². The summed E-state index contributed by atoms with van der Waals surface area (Å²) in [6.07, 6.45) is 3.21. The molecule has 0 saturated heterocycles. The monoisotopic (exact) mass is 518 g/mol. The summed E-state index contributed by atoms with van der Waals surface area (Å²) in [6.45, 7) is 0.946. The van der Waals surface area contributed by atoms with Gasteiger partial charge in [0.25, 0.3) is 0 Å². The predicted octanol–water partition coefficient (Wildman–Crippen LogP) is 3.12. The van der Waals surface area contributed by atoms with Crippen LogP contribution in [0.2, 0.25) is 0 Å². The molecule has 3 amide bonds. The number of halogens is 1. The fraction of sp³-hybridized carbons (Fsp3) is 0.269. The Labute approximate surface area is 215 Å². The molecule has 2 aliphatic heterocycles. The molecular formula is C26H23FN6O3S. The summed E-state index contributed by atoms with van der Waals surface area (Å²) in [7, 11) is 0. The van der Waals surface area contributed by atoms with Crippen LogP contribution in [0, 0.1) is 5.82 Å². The number of carbonyl (C=O) groups excluding carboxylic acids is 3. The maximum atomic E-state index is 14.1. The number of anilines is 2. The van der Waals surface area contributed by atoms with Gasteiger partial charge in [-0.1, -0.05) is 12.1 Å². The SMILES string of the molecule is O=C(NCCc1csc2nc(-c3ccccc3F)nn12)C(=O)Nc1cc2c3c(c1)CCC(=O)N3CCC2. The third-order valence-electron chi connectivity index (χ3n) is 6.67. The summed E-state index contributed by atoms with van der Waals surface area (Å²) in [6, 6.07) is 10.0. The Bertz CT molecular complexity index is 1540. The summed E-state index contributed by atoms with van der Waals surface area (Å²) in [5.74, 6) is -1.44. The molecule has 6 rings (SSSR count). The number of nitrogens with one attached hydrogen (secondary N) is 2. The Morgan fingerprint density at radius 2 is 1.89 bits per heavy atom. The summed E-state index contributed by atoms with van der Waals surface area (Å²) in [5, 5.41) is 11.6. The van der Waals surface area contributed by atoms with Crippen LogP contribution in [0.4, 0.5) is 15.8 Å². The molecule has 2 aromatic carbocycles. The van der Waals surface area contributed by atoms with E-state index in [4.69, 9.17) is 0 Å². The van der Waals surface area contributed by atoms with Crippen molar-refractivity contribution < 1.29 is 18.8 Å². The zero-order valence-corrected chi connectivity index (χ0v) is 20.6. The van der Waals surface area contributed by atoms with E-state index < -0.39 is 17.6 Å². The highest BCUT2D eigenvalue weighted by molar-refractivity contribution is 7.15. The van der Waals surface area contributed by atoms with E-state index >= 15 is 0 Å². The second-order valence-corrected chi connectivity index (χ2v) is 9.93. The van der Waals surface area contributed by atoms with Crippen LogP contribution >= 0.6 is 11.3 Å². The standard InChI is InChI=1S/C26H23FN6O3S/c27-20-6-2-1-5-19(20)23-30-26-33(31-23)18(14-37-26)9-10-28-24(35)25(36)29-17-12-15-4-3-11-32-21(34)8-7-16(13-17)22(15)32/h1-2,5-6,12-14H,3-4,7-11H2,(H,28,35)(H,29,36). The average Bonchev–Trinajstić information content (AvgIpc) is 3.48. The fourth-order valence-electron chi connectivity index (χ4n) is 4.95. The molecule has 2 N–H and O–H groups in total. The van der Waals surface area contributed by atoms with E-state index in [1.165, 1.54) is 17.4 Å². The minimum atomic E-state index is -0.746. The Hall–Kier alpha value is -4.12. The van der Waals surface area contributed by atoms with E-state index in [1.54, 1.807) is 22.7 Å². The van der Waals surface area contributed by atoms with Gasteiger partial charge in [0.15, 0.2) is 5.82 Å². The number of rotatable bonds is 5. The van der Waals surface area contributed by atoms with Gasteiger partial charge in [-0.15, -0.1) is 16.4 Å². The number of carbonyl (C=O) groups is 3. The van der Waals surface area contributed by atoms with Crippen LogP contribution in [0.3, 0.4) is 0 Å². The van der Waals surface area contributed by atoms with Crippen LogP contribution in [0.5, 0.6) is 0 Å². The van der Waals surface area contributed by atoms with E-state index in [0.717, 1.165) is 41.9 Å². The number of hydrogen-bond acceptors (Lipinski definition) is 6. The van der Waals surface area contributed by atoms with Gasteiger partial charge in [-0.05, 0) is 54.7 Å². The number of aromatic nitrogens is 3. The average molecular weight is 519 g/mol. The summed E-state index contributed by atoms with van der Waals surface area (Å²) in [4.78, 5) is 44.1. The van der Waals surface area contributed by atoms with E-state index in [2.05, 4.69) is 20.7 Å². The lowest BCUT2D eigenvalue weighted by molar-refractivity contribution is -0.136. The quantitative estimate of drug-likeness (QED) is 0.395. The molecule has 188 valence electrons. The molecule has 0 bridgehead atoms. The van der Waals surface area contributed by atoms with Crippen molar-refractivity contribution in [3.05, 3.63) is 64.4 Å². The summed E-state index contributed by atoms with van der Waals surface area (Å²) < 4.78 is 15.7. The molecule has 0 radical (unpaired) electrons. The third kappa shape index (κ3) is 4.35. The molecule has 0 atom stereocenters. The molecule has 0 fully saturated rings. The lowest BCUT2D eigenvalue weighted by Crippen LogP contribution is -2.39. The van der Waals surface area contributed by atoms with Gasteiger partial charge in [-0.25, -0.2) is 8.91 Å². The number of thiazole rings is 1. The van der Waals surface area contributed by atoms with Gasteiger partial charge < -0.3 is 15.5 Å². The van der Waals surface area contributed by atoms with Crippen LogP contribution in [0.15, 0.2) is 41.8 Å². The van der Waals surface area contributed by atoms with Crippen molar-refractivity contribution in [3.63, 3.8) is 0 Å². The molecule has 0 spiro atoms. The Kier molecular flexibility index (Phi) is 5.91. The molecule has 9 nitrogen and oxygen atoms in total. The second kappa shape index (κ2) is 9.40. The molecule has 11 heteroatoms. The molecule has 4 aromatic rings. The molecular weight excluding hydrogens is 495 g/mol. The topological polar surface area (TPSA) is 109 Å². The second-order valence-electron chi connectivity index (χ2n) is 9.09. The van der Waals surface area contributed by atoms with Crippen molar-refractivity contribution in [2.24, 2.45) is 0 Å². The van der Waals surface area contributed by atoms with Gasteiger partial charge in [0, 0.05) is 37.0 Å². The van der Waals surface area contributed by atoms with E-state index in [0.29, 0.717) is 41.3 Å². The van der Waals surface area contributed by atoms with Gasteiger partial charge in [-0.2, -0.15) is 4.98 Å². The Morgan fingerprint density at radius 3 is 2.73 bits per heavy atom. The highest BCUT2D eigenvalue weighted by Crippen LogP contribution is 2.37. The van der Waals surface area contributed by atoms with Crippen LogP contribution in [0.25, 0.3) is 16.3 Å². The van der Waals surface area contributed by atoms with Crippen molar-refractivity contribution in [2.45, 2.75) is 32.1 Å². The van der Waals surface area contributed by atoms with Crippen molar-refractivity contribution >= 4 is 45.4 Å². The van der Waals surface area contributed by atoms with Gasteiger partial charge in [0.05, 0.1) is 16.9 Å². The summed E-state index contributed by atoms with van der Waals surface area (Å²) in [5.41, 5.74) is 4.70. The van der Waals surface area contributed by atoms with Crippen LogP contribution in [-0.2, 0) is 33.6 Å². The van der Waals surface area contributed by atoms with E-state index in [9.17, 15) is 18.8 Å². The Morgan fingerprint density at radius 1 is 1.08 bits per heavy atom. The minimum absolute atomic E-state index is 0.141. The van der Waals surface area contributed by atoms with Gasteiger partial charge in [-0.3, -0.25) is 14.4 Å². The lowest BCUT2D eigenvalue weighted by Gasteiger charge is -2.35. The number of amides is 3. The number of aryl methyl sites for hydroxylation is 2. The highest BCUT2D eigenvalue weighted by atomic mass is 32.1. The number of fused-ring (bicyclic) bond motifs is 1. The number of benzene rings is 2. The predicted molar refractivity (Wildman–Crippen MR) is 137 cm³/mol. The van der Waals surface area contributed by atoms with Crippen molar-refractivity contribution in [1.29, 1.82) is 0 Å². The van der Waals surface area contributed by atoms with Crippen LogP contribution < -0.4 is 15.5 Å². The van der Waals surface area contributed by atoms with E-state index in [1.807, 2.05) is 22.4 Å². The first kappa shape index (κ1) is 23.3. The zero-order valence-electron chi connectivity index (χ0n) is 19.8. The van der Waals surface area contributed by atoms with Gasteiger partial charge >= 0.3 is 11.8 Å². The first-order valence-electron chi connectivity index (χ1n) is 12.1. The van der Waals surface area contributed by atoms with Gasteiger partial charge in [0.1, 0.15) is 5.82 Å². The molecule has 0 unspecified atom stereocenters. The molecule has 2 aromatic heterocycles. The van der Waals surface area contributed by atoms with Crippen LogP contribution in [0.1, 0.15) is 29.7 Å². The fourth-order valence-corrected chi connectivity index (χ4v) is 5.81. The first-order valence-corrected chi connectivity index (χ1v) is 13.0. The molecule has 4 heterocycles. The number of hydrogen-bond donors (Lipinski definition) is 2. The van der Waals surface area contributed by atoms with Crippen molar-refractivity contribution in [1.82, 2.24) is 19.9 Å². The molecule has 0 aliphatic carbocycles. The van der Waals surface area contributed by atoms with Crippen molar-refractivity contribution in [3.8, 4) is 11.4 Å². The maximum absolute atomic E-state index is 14.1. The van der Waals surface area contributed by atoms with E-state index in [-0.39, 0.29) is 12.5 Å². The smallest absolute Gasteiger partial charge is 0.313 e. The largest absolute Gasteiger partial charge is 0.347 e. The van der Waals surface area contributed by atoms with Crippen LogP contribution in [-0.4, -0.2) is 45.4 Å². The normalized spacial score (nSPS) is 14.5. The molecule has 0 saturated carbocycles. The lowest BCUT2D eigenvalue weighted by atomic mass is 9.91. The van der Waals surface area contributed by atoms with Gasteiger partial charge in [0.2, 0.25) is 10.9 Å². The highest BCUT2D eigenvalue weighted by Gasteiger charge is 2.30. The minimum Gasteiger partial charge on any atom is -0.347 e. The third-order valence-corrected chi connectivity index (χ3v) is 7.54. The first-order chi connectivity index (χ1) is 18.0. The molecule has 37 heavy (non-hydrogen) atoms.